The molecule has 5 rings (SSSR count). The highest BCUT2D eigenvalue weighted by atomic mass is 16.5. The van der Waals surface area contributed by atoms with Gasteiger partial charge in [0.2, 0.25) is 5.78 Å². The highest BCUT2D eigenvalue weighted by Crippen LogP contribution is 2.57. The second-order valence-electron chi connectivity index (χ2n) is 10.8. The topological polar surface area (TPSA) is 188 Å². The number of rotatable bonds is 4. The first-order valence-corrected chi connectivity index (χ1v) is 12.5. The van der Waals surface area contributed by atoms with Crippen LogP contribution in [0.1, 0.15) is 43.2 Å². The molecule has 202 valence electrons. The fourth-order valence-electron chi connectivity index (χ4n) is 6.56. The van der Waals surface area contributed by atoms with Gasteiger partial charge in [0, 0.05) is 11.5 Å². The van der Waals surface area contributed by atoms with Crippen molar-refractivity contribution in [3.05, 3.63) is 46.2 Å². The minimum atomic E-state index is -2.93. The number of benzene rings is 1. The average Bonchev–Trinajstić information content (AvgIpc) is 2.79. The Hall–Kier alpha value is -3.70. The quantitative estimate of drug-likeness (QED) is 0.278. The normalized spacial score (nSPS) is 32.9. The highest BCUT2D eigenvalue weighted by Gasteiger charge is 2.69. The van der Waals surface area contributed by atoms with Crippen molar-refractivity contribution in [2.24, 2.45) is 23.5 Å². The monoisotopic (exact) mass is 526 g/mol. The molecule has 0 aromatic heterocycles. The molecule has 0 spiro atoms. The number of Topliss-reactive ketones (excluding diaryl/α,β-unsaturated/α-hetero) is 2. The van der Waals surface area contributed by atoms with Crippen molar-refractivity contribution in [3.8, 4) is 5.75 Å². The van der Waals surface area contributed by atoms with Crippen molar-refractivity contribution in [3.63, 3.8) is 0 Å². The number of amides is 1. The third kappa shape index (κ3) is 3.27. The molecule has 38 heavy (non-hydrogen) atoms. The second-order valence-corrected chi connectivity index (χ2v) is 10.8. The van der Waals surface area contributed by atoms with Crippen LogP contribution in [0.15, 0.2) is 35.1 Å². The minimum Gasteiger partial charge on any atom is -0.508 e. The van der Waals surface area contributed by atoms with Gasteiger partial charge in [-0.15, -0.1) is 0 Å². The van der Waals surface area contributed by atoms with Gasteiger partial charge >= 0.3 is 5.97 Å². The number of carbonyl (C=O) groups is 4. The number of nitrogens with zero attached hydrogens (tertiary/aromatic N) is 1. The fourth-order valence-corrected chi connectivity index (χ4v) is 6.56. The molecule has 0 aliphatic heterocycles. The molecule has 2 fully saturated rings. The zero-order chi connectivity index (χ0) is 27.8. The molecule has 2 saturated carbocycles. The number of aliphatic hydroxyl groups excluding tert-OH is 2. The fraction of sp³-hybridized carbons (Fsp3) is 0.481. The number of ether oxygens (including phenoxy) is 1. The van der Waals surface area contributed by atoms with Crippen LogP contribution in [-0.2, 0) is 23.9 Å². The van der Waals surface area contributed by atoms with Crippen molar-refractivity contribution in [2.75, 3.05) is 14.1 Å². The van der Waals surface area contributed by atoms with Crippen LogP contribution >= 0.6 is 0 Å². The van der Waals surface area contributed by atoms with Gasteiger partial charge in [-0.05, 0) is 44.5 Å². The Bertz CT molecular complexity index is 1340. The summed E-state index contributed by atoms with van der Waals surface area (Å²) in [5.41, 5.74) is 1.58. The standard InChI is InChI=1S/C27H30N2O9/c1-10-12-8-5-9-13(30)15(12)20(31)16-14(10)22(38-26(36)11-6-4-7-11)18-19(29(2)3)21(32)17(25(28)35)24(34)27(18,37)23(16)33/h5,8-11,14,18-19,22,30-31,34,37H,4,6-7H2,1-3H3,(H2,28,35)/t10-,14+,18+,19+,22-,27-/m0/s1. The predicted molar refractivity (Wildman–Crippen MR) is 132 cm³/mol. The maximum atomic E-state index is 14.1. The summed E-state index contributed by atoms with van der Waals surface area (Å²) < 4.78 is 6.00. The van der Waals surface area contributed by atoms with Gasteiger partial charge in [-0.1, -0.05) is 25.5 Å². The molecule has 6 N–H and O–H groups in total. The van der Waals surface area contributed by atoms with Crippen LogP contribution in [0.25, 0.3) is 5.76 Å². The SMILES string of the molecule is C[C@H]1c2cccc(O)c2C(O)=C2C(=O)[C@]3(O)C(O)=C(C(N)=O)C(=O)[C@H](N(C)C)[C@@H]3[C@@H](OC(=O)C3CCC3)[C@@H]21. The number of phenols is 1. The number of carbonyl (C=O) groups excluding carboxylic acids is 4. The van der Waals surface area contributed by atoms with Crippen molar-refractivity contribution >= 4 is 29.2 Å². The maximum absolute atomic E-state index is 14.1. The Morgan fingerprint density at radius 2 is 1.79 bits per heavy atom. The van der Waals surface area contributed by atoms with Crippen LogP contribution in [0, 0.1) is 17.8 Å². The largest absolute Gasteiger partial charge is 0.508 e. The number of aromatic hydroxyl groups is 1. The Morgan fingerprint density at radius 1 is 1.13 bits per heavy atom. The van der Waals surface area contributed by atoms with Gasteiger partial charge in [0.15, 0.2) is 11.4 Å². The molecule has 6 atom stereocenters. The lowest BCUT2D eigenvalue weighted by atomic mass is 9.54. The molecule has 4 aliphatic carbocycles. The van der Waals surface area contributed by atoms with E-state index in [2.05, 4.69) is 0 Å². The summed E-state index contributed by atoms with van der Waals surface area (Å²) in [4.78, 5) is 54.4. The van der Waals surface area contributed by atoms with E-state index < -0.39 is 82.0 Å². The van der Waals surface area contributed by atoms with Gasteiger partial charge in [0.05, 0.1) is 23.4 Å². The predicted octanol–water partition coefficient (Wildman–Crippen LogP) is 0.847. The van der Waals surface area contributed by atoms with E-state index in [1.165, 1.54) is 25.1 Å². The van der Waals surface area contributed by atoms with Gasteiger partial charge in [0.1, 0.15) is 28.9 Å². The van der Waals surface area contributed by atoms with E-state index in [1.54, 1.807) is 19.1 Å². The summed E-state index contributed by atoms with van der Waals surface area (Å²) in [5.74, 6) is -9.83. The van der Waals surface area contributed by atoms with E-state index >= 15 is 0 Å². The van der Waals surface area contributed by atoms with Gasteiger partial charge in [0.25, 0.3) is 5.91 Å². The lowest BCUT2D eigenvalue weighted by Gasteiger charge is -2.54. The first kappa shape index (κ1) is 25.9. The Morgan fingerprint density at radius 3 is 2.34 bits per heavy atom. The summed E-state index contributed by atoms with van der Waals surface area (Å²) in [6, 6.07) is 3.16. The molecule has 1 amide bonds. The van der Waals surface area contributed by atoms with Crippen LogP contribution in [0.2, 0.25) is 0 Å². The Labute approximate surface area is 218 Å². The smallest absolute Gasteiger partial charge is 0.309 e. The number of ketones is 2. The number of aliphatic hydroxyl groups is 3. The number of hydrogen-bond donors (Lipinski definition) is 5. The van der Waals surface area contributed by atoms with E-state index in [0.717, 1.165) is 6.42 Å². The Balaban J connectivity index is 1.82. The van der Waals surface area contributed by atoms with E-state index in [0.29, 0.717) is 18.4 Å². The molecule has 0 bridgehead atoms. The van der Waals surface area contributed by atoms with Crippen LogP contribution < -0.4 is 5.73 Å². The second kappa shape index (κ2) is 8.67. The third-order valence-corrected chi connectivity index (χ3v) is 8.66. The van der Waals surface area contributed by atoms with Gasteiger partial charge in [-0.3, -0.25) is 24.1 Å². The third-order valence-electron chi connectivity index (χ3n) is 8.66. The molecular weight excluding hydrogens is 496 g/mol. The summed E-state index contributed by atoms with van der Waals surface area (Å²) in [6.07, 6.45) is 0.648. The molecule has 0 radical (unpaired) electrons. The maximum Gasteiger partial charge on any atom is 0.309 e. The number of fused-ring (bicyclic) bond motifs is 3. The summed E-state index contributed by atoms with van der Waals surface area (Å²) in [6.45, 7) is 1.72. The van der Waals surface area contributed by atoms with Gasteiger partial charge in [-0.25, -0.2) is 0 Å². The van der Waals surface area contributed by atoms with E-state index in [4.69, 9.17) is 10.5 Å². The van der Waals surface area contributed by atoms with Gasteiger partial charge in [-0.2, -0.15) is 0 Å². The first-order chi connectivity index (χ1) is 17.8. The summed E-state index contributed by atoms with van der Waals surface area (Å²) in [5, 5.41) is 45.0. The molecule has 11 nitrogen and oxygen atoms in total. The Kier molecular flexibility index (Phi) is 5.92. The number of hydrogen-bond acceptors (Lipinski definition) is 10. The number of nitrogens with two attached hydrogens (primary N) is 1. The van der Waals surface area contributed by atoms with E-state index in [9.17, 15) is 39.6 Å². The lowest BCUT2D eigenvalue weighted by Crippen LogP contribution is -2.71. The zero-order valence-corrected chi connectivity index (χ0v) is 21.2. The molecule has 11 heteroatoms. The van der Waals surface area contributed by atoms with Crippen LogP contribution in [0.5, 0.6) is 5.75 Å². The lowest BCUT2D eigenvalue weighted by molar-refractivity contribution is -0.189. The summed E-state index contributed by atoms with van der Waals surface area (Å²) >= 11 is 0. The number of likely N-dealkylation sites (N-methyl/N-ethyl adjacent to an activating group) is 1. The molecule has 0 saturated heterocycles. The van der Waals surface area contributed by atoms with Crippen LogP contribution in [-0.4, -0.2) is 80.6 Å². The van der Waals surface area contributed by atoms with Gasteiger partial charge < -0.3 is 30.9 Å². The van der Waals surface area contributed by atoms with Crippen LogP contribution in [0.4, 0.5) is 0 Å². The zero-order valence-electron chi connectivity index (χ0n) is 21.2. The van der Waals surface area contributed by atoms with E-state index in [-0.39, 0.29) is 16.9 Å². The van der Waals surface area contributed by atoms with Crippen molar-refractivity contribution in [1.82, 2.24) is 4.90 Å². The molecular formula is C27H30N2O9. The summed E-state index contributed by atoms with van der Waals surface area (Å²) in [7, 11) is 2.97. The molecule has 4 aliphatic rings. The van der Waals surface area contributed by atoms with Crippen molar-refractivity contribution in [2.45, 2.75) is 49.9 Å². The minimum absolute atomic E-state index is 0.0274. The molecule has 1 aromatic rings. The molecule has 1 aromatic carbocycles. The molecule has 0 unspecified atom stereocenters. The van der Waals surface area contributed by atoms with Crippen molar-refractivity contribution < 1.29 is 44.3 Å². The van der Waals surface area contributed by atoms with Crippen molar-refractivity contribution in [1.29, 1.82) is 0 Å². The average molecular weight is 527 g/mol. The number of esters is 1. The first-order valence-electron chi connectivity index (χ1n) is 12.5. The highest BCUT2D eigenvalue weighted by molar-refractivity contribution is 6.24. The van der Waals surface area contributed by atoms with E-state index in [1.807, 2.05) is 0 Å². The number of phenolic OH excluding ortho intramolecular Hbond substituents is 1. The van der Waals surface area contributed by atoms with Crippen LogP contribution in [0.3, 0.4) is 0 Å². The number of primary amides is 1. The molecule has 0 heterocycles.